The Bertz CT molecular complexity index is 1500. The van der Waals surface area contributed by atoms with E-state index in [0.29, 0.717) is 16.2 Å². The number of thiazole rings is 1. The van der Waals surface area contributed by atoms with Crippen LogP contribution < -0.4 is 10.4 Å². The molecule has 0 amide bonds. The summed E-state index contributed by atoms with van der Waals surface area (Å²) in [7, 11) is 1.86. The van der Waals surface area contributed by atoms with E-state index < -0.39 is 0 Å². The summed E-state index contributed by atoms with van der Waals surface area (Å²) in [5, 5.41) is 8.63. The first-order valence-corrected chi connectivity index (χ1v) is 11.6. The van der Waals surface area contributed by atoms with Crippen LogP contribution in [0.1, 0.15) is 11.5 Å². The third kappa shape index (κ3) is 3.61. The number of rotatable bonds is 5. The SMILES string of the molecule is Cc1c(N=c2scc(-c3cccs3)n2N=Cc2ccco2)c(=O)n(-c2ccccc2)n1C. The summed E-state index contributed by atoms with van der Waals surface area (Å²) in [4.78, 5) is 19.7. The van der Waals surface area contributed by atoms with Crippen molar-refractivity contribution in [1.82, 2.24) is 14.0 Å². The fourth-order valence-electron chi connectivity index (χ4n) is 3.34. The van der Waals surface area contributed by atoms with Gasteiger partial charge in [0.05, 0.1) is 34.4 Å². The maximum absolute atomic E-state index is 13.3. The molecular weight excluding hydrogens is 442 g/mol. The van der Waals surface area contributed by atoms with Crippen LogP contribution in [0.4, 0.5) is 5.69 Å². The third-order valence-corrected chi connectivity index (χ3v) is 6.74. The van der Waals surface area contributed by atoms with Crippen LogP contribution in [0.2, 0.25) is 0 Å². The molecule has 4 aromatic heterocycles. The van der Waals surface area contributed by atoms with Gasteiger partial charge in [0.15, 0.2) is 5.69 Å². The van der Waals surface area contributed by atoms with Crippen molar-refractivity contribution in [2.75, 3.05) is 0 Å². The molecule has 0 bridgehead atoms. The molecule has 9 heteroatoms. The Labute approximate surface area is 191 Å². The molecule has 7 nitrogen and oxygen atoms in total. The number of aromatic nitrogens is 3. The van der Waals surface area contributed by atoms with Crippen LogP contribution in [-0.4, -0.2) is 20.3 Å². The monoisotopic (exact) mass is 461 g/mol. The molecule has 0 fully saturated rings. The highest BCUT2D eigenvalue weighted by Gasteiger charge is 2.17. The van der Waals surface area contributed by atoms with E-state index >= 15 is 0 Å². The Morgan fingerprint density at radius 2 is 1.88 bits per heavy atom. The van der Waals surface area contributed by atoms with Crippen molar-refractivity contribution >= 4 is 34.6 Å². The van der Waals surface area contributed by atoms with Crippen molar-refractivity contribution in [3.05, 3.63) is 98.2 Å². The zero-order valence-corrected chi connectivity index (χ0v) is 19.0. The van der Waals surface area contributed by atoms with Crippen LogP contribution in [0.5, 0.6) is 0 Å². The molecule has 4 heterocycles. The number of thiophene rings is 1. The number of hydrogen-bond acceptors (Lipinski definition) is 6. The van der Waals surface area contributed by atoms with Crippen LogP contribution in [0, 0.1) is 6.92 Å². The number of para-hydroxylation sites is 1. The second kappa shape index (κ2) is 8.45. The number of furan rings is 1. The molecule has 0 aliphatic heterocycles. The summed E-state index contributed by atoms with van der Waals surface area (Å²) in [6, 6.07) is 17.2. The van der Waals surface area contributed by atoms with E-state index in [1.807, 2.05) is 84.0 Å². The summed E-state index contributed by atoms with van der Waals surface area (Å²) in [6.07, 6.45) is 3.24. The van der Waals surface area contributed by atoms with Gasteiger partial charge in [-0.25, -0.2) is 14.4 Å². The summed E-state index contributed by atoms with van der Waals surface area (Å²) in [5.41, 5.74) is 2.68. The fraction of sp³-hybridized carbons (Fsp3) is 0.0870. The Morgan fingerprint density at radius 1 is 1.03 bits per heavy atom. The molecule has 0 aliphatic rings. The summed E-state index contributed by atoms with van der Waals surface area (Å²) in [6.45, 7) is 1.89. The summed E-state index contributed by atoms with van der Waals surface area (Å²) >= 11 is 3.06. The Balaban J connectivity index is 1.69. The van der Waals surface area contributed by atoms with E-state index in [1.165, 1.54) is 11.3 Å². The molecule has 0 saturated heterocycles. The lowest BCUT2D eigenvalue weighted by molar-refractivity contribution is 0.559. The normalized spacial score (nSPS) is 12.2. The van der Waals surface area contributed by atoms with Gasteiger partial charge in [0.2, 0.25) is 4.80 Å². The van der Waals surface area contributed by atoms with Crippen molar-refractivity contribution in [3.63, 3.8) is 0 Å². The van der Waals surface area contributed by atoms with Gasteiger partial charge in [-0.15, -0.1) is 22.7 Å². The summed E-state index contributed by atoms with van der Waals surface area (Å²) in [5.74, 6) is 0.633. The molecule has 0 atom stereocenters. The van der Waals surface area contributed by atoms with Crippen LogP contribution in [0.25, 0.3) is 16.3 Å². The predicted molar refractivity (Wildman–Crippen MR) is 128 cm³/mol. The van der Waals surface area contributed by atoms with Gasteiger partial charge in [-0.05, 0) is 42.6 Å². The molecule has 0 radical (unpaired) electrons. The molecule has 0 N–H and O–H groups in total. The molecule has 0 unspecified atom stereocenters. The Kier molecular flexibility index (Phi) is 5.34. The molecule has 0 saturated carbocycles. The minimum absolute atomic E-state index is 0.177. The average molecular weight is 462 g/mol. The Morgan fingerprint density at radius 3 is 2.59 bits per heavy atom. The van der Waals surface area contributed by atoms with Crippen molar-refractivity contribution < 1.29 is 4.42 Å². The highest BCUT2D eigenvalue weighted by molar-refractivity contribution is 7.14. The molecule has 160 valence electrons. The number of benzene rings is 1. The third-order valence-electron chi connectivity index (χ3n) is 5.03. The molecule has 5 rings (SSSR count). The molecule has 32 heavy (non-hydrogen) atoms. The van der Waals surface area contributed by atoms with Crippen molar-refractivity contribution in [2.45, 2.75) is 6.92 Å². The zero-order valence-electron chi connectivity index (χ0n) is 17.4. The van der Waals surface area contributed by atoms with Crippen LogP contribution >= 0.6 is 22.7 Å². The van der Waals surface area contributed by atoms with Crippen molar-refractivity contribution in [2.24, 2.45) is 17.1 Å². The van der Waals surface area contributed by atoms with E-state index in [0.717, 1.165) is 22.0 Å². The van der Waals surface area contributed by atoms with Gasteiger partial charge in [0, 0.05) is 12.4 Å². The fourth-order valence-corrected chi connectivity index (χ4v) is 4.98. The topological polar surface area (TPSA) is 69.7 Å². The van der Waals surface area contributed by atoms with Crippen LogP contribution in [-0.2, 0) is 7.05 Å². The lowest BCUT2D eigenvalue weighted by atomic mass is 10.3. The molecule has 0 aliphatic carbocycles. The van der Waals surface area contributed by atoms with E-state index in [4.69, 9.17) is 9.41 Å². The summed E-state index contributed by atoms with van der Waals surface area (Å²) < 4.78 is 10.6. The maximum atomic E-state index is 13.3. The zero-order chi connectivity index (χ0) is 22.1. The highest BCUT2D eigenvalue weighted by Crippen LogP contribution is 2.25. The molecule has 1 aromatic carbocycles. The van der Waals surface area contributed by atoms with Crippen LogP contribution in [0.15, 0.2) is 90.9 Å². The van der Waals surface area contributed by atoms with E-state index in [-0.39, 0.29) is 5.56 Å². The van der Waals surface area contributed by atoms with Gasteiger partial charge in [-0.2, -0.15) is 5.10 Å². The first kappa shape index (κ1) is 20.2. The first-order chi connectivity index (χ1) is 15.6. The first-order valence-electron chi connectivity index (χ1n) is 9.84. The van der Waals surface area contributed by atoms with Crippen LogP contribution in [0.3, 0.4) is 0 Å². The largest absolute Gasteiger partial charge is 0.463 e. The average Bonchev–Trinajstić information content (AvgIpc) is 3.60. The van der Waals surface area contributed by atoms with Gasteiger partial charge in [0.1, 0.15) is 5.76 Å². The lowest BCUT2D eigenvalue weighted by Gasteiger charge is -2.07. The Hall–Kier alpha value is -3.69. The van der Waals surface area contributed by atoms with Gasteiger partial charge >= 0.3 is 0 Å². The van der Waals surface area contributed by atoms with Gasteiger partial charge in [0.25, 0.3) is 5.56 Å². The smallest absolute Gasteiger partial charge is 0.297 e. The minimum atomic E-state index is -0.177. The number of hydrogen-bond donors (Lipinski definition) is 0. The molecule has 5 aromatic rings. The second-order valence-corrected chi connectivity index (χ2v) is 8.76. The minimum Gasteiger partial charge on any atom is -0.463 e. The standard InChI is InChI=1S/C23H19N5O2S2/c1-16-21(22(29)28(26(16)2)17-8-4-3-5-9-17)25-23-27(24-14-18-10-6-12-30-18)19(15-32-23)20-11-7-13-31-20/h3-15H,1-2H3. The van der Waals surface area contributed by atoms with Crippen molar-refractivity contribution in [1.29, 1.82) is 0 Å². The second-order valence-electron chi connectivity index (χ2n) is 6.97. The van der Waals surface area contributed by atoms with Gasteiger partial charge in [-0.3, -0.25) is 9.48 Å². The predicted octanol–water partition coefficient (Wildman–Crippen LogP) is 4.78. The quantitative estimate of drug-likeness (QED) is 0.353. The van der Waals surface area contributed by atoms with Crippen molar-refractivity contribution in [3.8, 4) is 16.3 Å². The lowest BCUT2D eigenvalue weighted by Crippen LogP contribution is -2.19. The van der Waals surface area contributed by atoms with E-state index in [1.54, 1.807) is 33.2 Å². The van der Waals surface area contributed by atoms with Gasteiger partial charge < -0.3 is 4.42 Å². The maximum Gasteiger partial charge on any atom is 0.297 e. The van der Waals surface area contributed by atoms with E-state index in [2.05, 4.69) is 5.10 Å². The number of nitrogens with zero attached hydrogens (tertiary/aromatic N) is 5. The van der Waals surface area contributed by atoms with E-state index in [9.17, 15) is 4.79 Å². The molecule has 0 spiro atoms. The molecular formula is C23H19N5O2S2. The highest BCUT2D eigenvalue weighted by atomic mass is 32.1. The van der Waals surface area contributed by atoms with Gasteiger partial charge in [-0.1, -0.05) is 24.3 Å².